The summed E-state index contributed by atoms with van der Waals surface area (Å²) in [5.41, 5.74) is 0. The van der Waals surface area contributed by atoms with Gasteiger partial charge in [0.1, 0.15) is 0 Å². The fourth-order valence-electron chi connectivity index (χ4n) is 2.68. The van der Waals surface area contributed by atoms with Crippen molar-refractivity contribution in [3.63, 3.8) is 0 Å². The molecule has 1 saturated carbocycles. The molecule has 0 amide bonds. The zero-order valence-electron chi connectivity index (χ0n) is 10.3. The van der Waals surface area contributed by atoms with Crippen LogP contribution in [-0.4, -0.2) is 37.1 Å². The molecule has 0 aromatic heterocycles. The molecule has 1 aliphatic carbocycles. The van der Waals surface area contributed by atoms with Gasteiger partial charge in [-0.25, -0.2) is 0 Å². The summed E-state index contributed by atoms with van der Waals surface area (Å²) in [6.07, 6.45) is 5.77. The molecule has 2 aliphatic rings. The van der Waals surface area contributed by atoms with Crippen LogP contribution in [-0.2, 0) is 0 Å². The molecule has 1 N–H and O–H groups in total. The Labute approximate surface area is 94.4 Å². The van der Waals surface area contributed by atoms with Crippen LogP contribution in [0.3, 0.4) is 0 Å². The average Bonchev–Trinajstić information content (AvgIpc) is 2.36. The van der Waals surface area contributed by atoms with Crippen molar-refractivity contribution in [2.75, 3.05) is 26.2 Å². The van der Waals surface area contributed by atoms with E-state index in [0.717, 1.165) is 11.8 Å². The van der Waals surface area contributed by atoms with Gasteiger partial charge in [0.25, 0.3) is 0 Å². The Balaban J connectivity index is 1.81. The van der Waals surface area contributed by atoms with Crippen LogP contribution in [0.1, 0.15) is 39.5 Å². The molecule has 2 nitrogen and oxygen atoms in total. The first-order valence-electron chi connectivity index (χ1n) is 6.71. The van der Waals surface area contributed by atoms with E-state index in [-0.39, 0.29) is 0 Å². The Kier molecular flexibility index (Phi) is 4.04. The van der Waals surface area contributed by atoms with Crippen molar-refractivity contribution >= 4 is 0 Å². The van der Waals surface area contributed by atoms with Crippen LogP contribution < -0.4 is 5.32 Å². The monoisotopic (exact) mass is 210 g/mol. The van der Waals surface area contributed by atoms with Crippen LogP contribution in [0.5, 0.6) is 0 Å². The second-order valence-electron chi connectivity index (χ2n) is 5.71. The van der Waals surface area contributed by atoms with Gasteiger partial charge in [-0.05, 0) is 44.2 Å². The minimum atomic E-state index is 0.715. The maximum Gasteiger partial charge on any atom is 0.0217 e. The van der Waals surface area contributed by atoms with Gasteiger partial charge in [0.05, 0.1) is 0 Å². The lowest BCUT2D eigenvalue weighted by Crippen LogP contribution is -2.43. The van der Waals surface area contributed by atoms with E-state index in [9.17, 15) is 0 Å². The highest BCUT2D eigenvalue weighted by molar-refractivity contribution is 4.81. The smallest absolute Gasteiger partial charge is 0.0217 e. The molecule has 1 unspecified atom stereocenters. The zero-order chi connectivity index (χ0) is 10.7. The molecular formula is C13H26N2. The number of nitrogens with zero attached hydrogens (tertiary/aromatic N) is 1. The van der Waals surface area contributed by atoms with E-state index >= 15 is 0 Å². The minimum absolute atomic E-state index is 0.715. The molecular weight excluding hydrogens is 184 g/mol. The van der Waals surface area contributed by atoms with Crippen molar-refractivity contribution in [3.05, 3.63) is 0 Å². The SMILES string of the molecule is CC(C)C1CN(CC2CCC2)CCCN1. The molecule has 15 heavy (non-hydrogen) atoms. The molecule has 0 aromatic carbocycles. The average molecular weight is 210 g/mol. The van der Waals surface area contributed by atoms with Crippen molar-refractivity contribution in [1.29, 1.82) is 0 Å². The van der Waals surface area contributed by atoms with Crippen LogP contribution in [0, 0.1) is 11.8 Å². The Morgan fingerprint density at radius 1 is 1.27 bits per heavy atom. The number of nitrogens with one attached hydrogen (secondary N) is 1. The van der Waals surface area contributed by atoms with E-state index in [2.05, 4.69) is 24.1 Å². The molecule has 0 aromatic rings. The summed E-state index contributed by atoms with van der Waals surface area (Å²) in [6, 6.07) is 0.715. The van der Waals surface area contributed by atoms with Gasteiger partial charge >= 0.3 is 0 Å². The maximum atomic E-state index is 3.68. The second-order valence-corrected chi connectivity index (χ2v) is 5.71. The predicted octanol–water partition coefficient (Wildman–Crippen LogP) is 2.11. The standard InChI is InChI=1S/C13H26N2/c1-11(2)13-10-15(8-4-7-14-13)9-12-5-3-6-12/h11-14H,3-10H2,1-2H3. The third-order valence-electron chi connectivity index (χ3n) is 4.06. The molecule has 2 heteroatoms. The lowest BCUT2D eigenvalue weighted by Gasteiger charge is -2.33. The summed E-state index contributed by atoms with van der Waals surface area (Å²) < 4.78 is 0. The van der Waals surface area contributed by atoms with Crippen LogP contribution in [0.2, 0.25) is 0 Å². The van der Waals surface area contributed by atoms with E-state index in [1.54, 1.807) is 0 Å². The normalized spacial score (nSPS) is 30.2. The van der Waals surface area contributed by atoms with Crippen LogP contribution in [0.15, 0.2) is 0 Å². The summed E-state index contributed by atoms with van der Waals surface area (Å²) in [6.45, 7) is 9.84. The first kappa shape index (κ1) is 11.4. The highest BCUT2D eigenvalue weighted by Crippen LogP contribution is 2.27. The molecule has 0 radical (unpaired) electrons. The van der Waals surface area contributed by atoms with E-state index in [0.29, 0.717) is 6.04 Å². The molecule has 1 saturated heterocycles. The molecule has 0 bridgehead atoms. The van der Waals surface area contributed by atoms with Crippen molar-refractivity contribution < 1.29 is 0 Å². The lowest BCUT2D eigenvalue weighted by atomic mass is 9.85. The van der Waals surface area contributed by atoms with Crippen molar-refractivity contribution in [3.8, 4) is 0 Å². The zero-order valence-corrected chi connectivity index (χ0v) is 10.3. The summed E-state index contributed by atoms with van der Waals surface area (Å²) in [5, 5.41) is 3.68. The van der Waals surface area contributed by atoms with Gasteiger partial charge in [-0.2, -0.15) is 0 Å². The first-order chi connectivity index (χ1) is 7.25. The van der Waals surface area contributed by atoms with Crippen molar-refractivity contribution in [1.82, 2.24) is 10.2 Å². The Morgan fingerprint density at radius 2 is 2.07 bits per heavy atom. The van der Waals surface area contributed by atoms with Gasteiger partial charge in [0.2, 0.25) is 0 Å². The van der Waals surface area contributed by atoms with Gasteiger partial charge in [0.15, 0.2) is 0 Å². The van der Waals surface area contributed by atoms with E-state index in [1.165, 1.54) is 51.9 Å². The Hall–Kier alpha value is -0.0800. The highest BCUT2D eigenvalue weighted by atomic mass is 15.2. The molecule has 1 heterocycles. The fourth-order valence-corrected chi connectivity index (χ4v) is 2.68. The minimum Gasteiger partial charge on any atom is -0.312 e. The second kappa shape index (κ2) is 5.31. The van der Waals surface area contributed by atoms with Gasteiger partial charge in [-0.3, -0.25) is 0 Å². The quantitative estimate of drug-likeness (QED) is 0.767. The van der Waals surface area contributed by atoms with E-state index in [1.807, 2.05) is 0 Å². The van der Waals surface area contributed by atoms with E-state index in [4.69, 9.17) is 0 Å². The van der Waals surface area contributed by atoms with Crippen LogP contribution in [0.4, 0.5) is 0 Å². The van der Waals surface area contributed by atoms with Crippen molar-refractivity contribution in [2.45, 2.75) is 45.6 Å². The Morgan fingerprint density at radius 3 is 2.67 bits per heavy atom. The molecule has 2 fully saturated rings. The molecule has 1 atom stereocenters. The van der Waals surface area contributed by atoms with Crippen molar-refractivity contribution in [2.24, 2.45) is 11.8 Å². The third kappa shape index (κ3) is 3.18. The van der Waals surface area contributed by atoms with E-state index < -0.39 is 0 Å². The third-order valence-corrected chi connectivity index (χ3v) is 4.06. The number of rotatable bonds is 3. The topological polar surface area (TPSA) is 15.3 Å². The Bertz CT molecular complexity index is 187. The first-order valence-corrected chi connectivity index (χ1v) is 6.71. The molecule has 2 rings (SSSR count). The number of hydrogen-bond donors (Lipinski definition) is 1. The van der Waals surface area contributed by atoms with Crippen LogP contribution >= 0.6 is 0 Å². The molecule has 1 aliphatic heterocycles. The summed E-state index contributed by atoms with van der Waals surface area (Å²) in [4.78, 5) is 2.70. The summed E-state index contributed by atoms with van der Waals surface area (Å²) in [5.74, 6) is 1.79. The predicted molar refractivity (Wildman–Crippen MR) is 65.0 cm³/mol. The van der Waals surface area contributed by atoms with Gasteiger partial charge in [0, 0.05) is 19.1 Å². The number of hydrogen-bond acceptors (Lipinski definition) is 2. The van der Waals surface area contributed by atoms with Gasteiger partial charge in [-0.1, -0.05) is 20.3 Å². The fraction of sp³-hybridized carbons (Fsp3) is 1.00. The molecule has 88 valence electrons. The van der Waals surface area contributed by atoms with Gasteiger partial charge < -0.3 is 10.2 Å². The highest BCUT2D eigenvalue weighted by Gasteiger charge is 2.24. The summed E-state index contributed by atoms with van der Waals surface area (Å²) in [7, 11) is 0. The van der Waals surface area contributed by atoms with Gasteiger partial charge in [-0.15, -0.1) is 0 Å². The molecule has 0 spiro atoms. The lowest BCUT2D eigenvalue weighted by molar-refractivity contribution is 0.168. The largest absolute Gasteiger partial charge is 0.312 e. The summed E-state index contributed by atoms with van der Waals surface area (Å²) >= 11 is 0. The maximum absolute atomic E-state index is 3.68. The van der Waals surface area contributed by atoms with Crippen LogP contribution in [0.25, 0.3) is 0 Å².